The highest BCUT2D eigenvalue weighted by atomic mass is 16.6. The van der Waals surface area contributed by atoms with Crippen LogP contribution in [0.2, 0.25) is 0 Å². The van der Waals surface area contributed by atoms with E-state index in [-0.39, 0.29) is 18.0 Å². The Bertz CT molecular complexity index is 425. The SMILES string of the molecule is CC(=O)C1OC1c1ccc2c(c1)CCO2. The van der Waals surface area contributed by atoms with Crippen molar-refractivity contribution in [1.82, 2.24) is 0 Å². The van der Waals surface area contributed by atoms with Gasteiger partial charge in [-0.25, -0.2) is 0 Å². The molecule has 3 nitrogen and oxygen atoms in total. The van der Waals surface area contributed by atoms with E-state index >= 15 is 0 Å². The zero-order valence-corrected chi connectivity index (χ0v) is 8.53. The minimum atomic E-state index is -0.217. The molecule has 1 aromatic rings. The maximum atomic E-state index is 11.1. The summed E-state index contributed by atoms with van der Waals surface area (Å²) in [5, 5.41) is 0. The highest BCUT2D eigenvalue weighted by molar-refractivity contribution is 5.83. The smallest absolute Gasteiger partial charge is 0.161 e. The zero-order valence-electron chi connectivity index (χ0n) is 8.53. The third-order valence-corrected chi connectivity index (χ3v) is 2.93. The van der Waals surface area contributed by atoms with Crippen molar-refractivity contribution in [1.29, 1.82) is 0 Å². The molecule has 0 spiro atoms. The lowest BCUT2D eigenvalue weighted by molar-refractivity contribution is -0.118. The van der Waals surface area contributed by atoms with E-state index in [2.05, 4.69) is 6.07 Å². The Labute approximate surface area is 88.0 Å². The third-order valence-electron chi connectivity index (χ3n) is 2.93. The Morgan fingerprint density at radius 3 is 3.07 bits per heavy atom. The van der Waals surface area contributed by atoms with Crippen molar-refractivity contribution in [3.05, 3.63) is 29.3 Å². The number of hydrogen-bond acceptors (Lipinski definition) is 3. The molecular formula is C12H12O3. The Balaban J connectivity index is 1.86. The van der Waals surface area contributed by atoms with Gasteiger partial charge in [0, 0.05) is 6.42 Å². The average molecular weight is 204 g/mol. The molecule has 0 saturated carbocycles. The van der Waals surface area contributed by atoms with Crippen LogP contribution in [0.15, 0.2) is 18.2 Å². The summed E-state index contributed by atoms with van der Waals surface area (Å²) in [6, 6.07) is 6.05. The van der Waals surface area contributed by atoms with Gasteiger partial charge >= 0.3 is 0 Å². The van der Waals surface area contributed by atoms with Gasteiger partial charge in [0.15, 0.2) is 5.78 Å². The molecule has 2 aliphatic rings. The van der Waals surface area contributed by atoms with E-state index < -0.39 is 0 Å². The normalized spacial score (nSPS) is 27.0. The number of ether oxygens (including phenoxy) is 2. The Morgan fingerprint density at radius 1 is 1.47 bits per heavy atom. The number of hydrogen-bond donors (Lipinski definition) is 0. The standard InChI is InChI=1S/C12H12O3/c1-7(13)11-12(15-11)9-2-3-10-8(6-9)4-5-14-10/h2-3,6,11-12H,4-5H2,1H3. The summed E-state index contributed by atoms with van der Waals surface area (Å²) in [4.78, 5) is 11.1. The minimum absolute atomic E-state index is 0.0200. The molecule has 1 saturated heterocycles. The van der Waals surface area contributed by atoms with Crippen LogP contribution in [0.4, 0.5) is 0 Å². The molecule has 3 rings (SSSR count). The van der Waals surface area contributed by atoms with Gasteiger partial charge in [-0.15, -0.1) is 0 Å². The first-order chi connectivity index (χ1) is 7.25. The Hall–Kier alpha value is -1.35. The second kappa shape index (κ2) is 3.07. The summed E-state index contributed by atoms with van der Waals surface area (Å²) in [7, 11) is 0. The van der Waals surface area contributed by atoms with Gasteiger partial charge in [-0.1, -0.05) is 6.07 Å². The van der Waals surface area contributed by atoms with Crippen molar-refractivity contribution in [3.8, 4) is 5.75 Å². The highest BCUT2D eigenvalue weighted by Gasteiger charge is 2.44. The van der Waals surface area contributed by atoms with Gasteiger partial charge in [-0.3, -0.25) is 4.79 Å². The number of carbonyl (C=O) groups is 1. The molecule has 0 aliphatic carbocycles. The van der Waals surface area contributed by atoms with Gasteiger partial charge in [0.1, 0.15) is 18.0 Å². The quantitative estimate of drug-likeness (QED) is 0.687. The van der Waals surface area contributed by atoms with Gasteiger partial charge in [-0.05, 0) is 30.2 Å². The predicted octanol–water partition coefficient (Wildman–Crippen LogP) is 1.65. The average Bonchev–Trinajstić information content (AvgIpc) is 2.89. The largest absolute Gasteiger partial charge is 0.493 e. The van der Waals surface area contributed by atoms with Crippen LogP contribution < -0.4 is 4.74 Å². The molecule has 0 aromatic heterocycles. The fourth-order valence-corrected chi connectivity index (χ4v) is 2.06. The van der Waals surface area contributed by atoms with E-state index in [1.54, 1.807) is 6.92 Å². The molecule has 3 heteroatoms. The fraction of sp³-hybridized carbons (Fsp3) is 0.417. The number of carbonyl (C=O) groups excluding carboxylic acids is 1. The van der Waals surface area contributed by atoms with Crippen molar-refractivity contribution >= 4 is 5.78 Å². The summed E-state index contributed by atoms with van der Waals surface area (Å²) in [5.74, 6) is 1.08. The number of Topliss-reactive ketones (excluding diaryl/α,β-unsaturated/α-hetero) is 1. The fourth-order valence-electron chi connectivity index (χ4n) is 2.06. The number of rotatable bonds is 2. The van der Waals surface area contributed by atoms with Gasteiger partial charge < -0.3 is 9.47 Å². The molecule has 1 aromatic carbocycles. The topological polar surface area (TPSA) is 38.8 Å². The van der Waals surface area contributed by atoms with Crippen LogP contribution in [0.25, 0.3) is 0 Å². The lowest BCUT2D eigenvalue weighted by atomic mass is 10.0. The number of epoxide rings is 1. The lowest BCUT2D eigenvalue weighted by Crippen LogP contribution is -2.01. The molecule has 2 heterocycles. The van der Waals surface area contributed by atoms with Crippen LogP contribution in [0.1, 0.15) is 24.2 Å². The molecule has 78 valence electrons. The van der Waals surface area contributed by atoms with Crippen LogP contribution in [0, 0.1) is 0 Å². The molecule has 0 amide bonds. The van der Waals surface area contributed by atoms with Crippen LogP contribution in [-0.4, -0.2) is 18.5 Å². The van der Waals surface area contributed by atoms with E-state index in [9.17, 15) is 4.79 Å². The van der Waals surface area contributed by atoms with E-state index in [0.717, 1.165) is 24.3 Å². The molecular weight excluding hydrogens is 192 g/mol. The highest BCUT2D eigenvalue weighted by Crippen LogP contribution is 2.41. The first-order valence-electron chi connectivity index (χ1n) is 5.17. The van der Waals surface area contributed by atoms with Crippen LogP contribution in [0.5, 0.6) is 5.75 Å². The van der Waals surface area contributed by atoms with Gasteiger partial charge in [0.25, 0.3) is 0 Å². The van der Waals surface area contributed by atoms with E-state index in [4.69, 9.17) is 9.47 Å². The molecule has 0 bridgehead atoms. The zero-order chi connectivity index (χ0) is 10.4. The molecule has 2 unspecified atom stereocenters. The second-order valence-electron chi connectivity index (χ2n) is 4.05. The predicted molar refractivity (Wildman–Crippen MR) is 53.9 cm³/mol. The van der Waals surface area contributed by atoms with Crippen molar-refractivity contribution in [2.45, 2.75) is 25.6 Å². The maximum Gasteiger partial charge on any atom is 0.161 e. The van der Waals surface area contributed by atoms with Crippen molar-refractivity contribution in [2.75, 3.05) is 6.61 Å². The molecule has 1 fully saturated rings. The number of fused-ring (bicyclic) bond motifs is 1. The summed E-state index contributed by atoms with van der Waals surface area (Å²) >= 11 is 0. The lowest BCUT2D eigenvalue weighted by Gasteiger charge is -2.00. The summed E-state index contributed by atoms with van der Waals surface area (Å²) in [6.07, 6.45) is 0.722. The first kappa shape index (κ1) is 8.92. The maximum absolute atomic E-state index is 11.1. The van der Waals surface area contributed by atoms with E-state index in [1.807, 2.05) is 12.1 Å². The van der Waals surface area contributed by atoms with Gasteiger partial charge in [-0.2, -0.15) is 0 Å². The Morgan fingerprint density at radius 2 is 2.33 bits per heavy atom. The third kappa shape index (κ3) is 1.43. The van der Waals surface area contributed by atoms with Gasteiger partial charge in [0.2, 0.25) is 0 Å². The number of benzene rings is 1. The van der Waals surface area contributed by atoms with Crippen LogP contribution >= 0.6 is 0 Å². The van der Waals surface area contributed by atoms with Crippen molar-refractivity contribution in [2.24, 2.45) is 0 Å². The van der Waals surface area contributed by atoms with E-state index in [1.165, 1.54) is 5.56 Å². The second-order valence-corrected chi connectivity index (χ2v) is 4.05. The van der Waals surface area contributed by atoms with Gasteiger partial charge in [0.05, 0.1) is 6.61 Å². The monoisotopic (exact) mass is 204 g/mol. The summed E-state index contributed by atoms with van der Waals surface area (Å²) < 4.78 is 10.8. The van der Waals surface area contributed by atoms with Crippen LogP contribution in [0.3, 0.4) is 0 Å². The number of ketones is 1. The first-order valence-corrected chi connectivity index (χ1v) is 5.17. The summed E-state index contributed by atoms with van der Waals surface area (Å²) in [5.41, 5.74) is 2.32. The molecule has 2 aliphatic heterocycles. The summed E-state index contributed by atoms with van der Waals surface area (Å²) in [6.45, 7) is 2.33. The molecule has 0 N–H and O–H groups in total. The van der Waals surface area contributed by atoms with Crippen molar-refractivity contribution < 1.29 is 14.3 Å². The molecule has 15 heavy (non-hydrogen) atoms. The van der Waals surface area contributed by atoms with Crippen molar-refractivity contribution in [3.63, 3.8) is 0 Å². The molecule has 2 atom stereocenters. The Kier molecular flexibility index (Phi) is 1.83. The minimum Gasteiger partial charge on any atom is -0.493 e. The van der Waals surface area contributed by atoms with Crippen LogP contribution in [-0.2, 0) is 16.0 Å². The molecule has 0 radical (unpaired) electrons. The van der Waals surface area contributed by atoms with E-state index in [0.29, 0.717) is 0 Å².